The molecule has 1 aromatic carbocycles. The minimum atomic E-state index is 0.231. The van der Waals surface area contributed by atoms with E-state index in [1.807, 2.05) is 6.07 Å². The number of benzene rings is 1. The summed E-state index contributed by atoms with van der Waals surface area (Å²) in [4.78, 5) is 3.70. The van der Waals surface area contributed by atoms with E-state index in [4.69, 9.17) is 17.3 Å². The van der Waals surface area contributed by atoms with Gasteiger partial charge in [0, 0.05) is 23.7 Å². The standard InChI is InChI=1S/C16H19ClN2S/c1-11-4-5-13-12(9-11)3-2-8-19(13)14(10-18)15-6-7-16(17)20-15/h4-7,9,14H,2-3,8,10,18H2,1H3. The minimum Gasteiger partial charge on any atom is -0.362 e. The third kappa shape index (κ3) is 2.58. The van der Waals surface area contributed by atoms with Crippen LogP contribution in [0.5, 0.6) is 0 Å². The number of nitrogens with two attached hydrogens (primary N) is 1. The van der Waals surface area contributed by atoms with Gasteiger partial charge in [-0.2, -0.15) is 0 Å². The molecule has 2 N–H and O–H groups in total. The lowest BCUT2D eigenvalue weighted by Crippen LogP contribution is -2.37. The van der Waals surface area contributed by atoms with Gasteiger partial charge in [-0.25, -0.2) is 0 Å². The Kier molecular flexibility index (Phi) is 4.01. The van der Waals surface area contributed by atoms with Gasteiger partial charge in [0.05, 0.1) is 10.4 Å². The van der Waals surface area contributed by atoms with E-state index >= 15 is 0 Å². The Balaban J connectivity index is 1.98. The number of hydrogen-bond donors (Lipinski definition) is 1. The van der Waals surface area contributed by atoms with Gasteiger partial charge in [-0.3, -0.25) is 0 Å². The van der Waals surface area contributed by atoms with Crippen molar-refractivity contribution in [2.24, 2.45) is 5.73 Å². The van der Waals surface area contributed by atoms with E-state index in [0.717, 1.165) is 17.3 Å². The normalized spacial score (nSPS) is 16.1. The maximum Gasteiger partial charge on any atom is 0.0932 e. The van der Waals surface area contributed by atoms with Crippen molar-refractivity contribution < 1.29 is 0 Å². The van der Waals surface area contributed by atoms with Crippen molar-refractivity contribution in [2.75, 3.05) is 18.0 Å². The summed E-state index contributed by atoms with van der Waals surface area (Å²) in [6.45, 7) is 3.83. The van der Waals surface area contributed by atoms with E-state index in [0.29, 0.717) is 6.54 Å². The summed E-state index contributed by atoms with van der Waals surface area (Å²) in [5, 5.41) is 0. The van der Waals surface area contributed by atoms with E-state index < -0.39 is 0 Å². The summed E-state index contributed by atoms with van der Waals surface area (Å²) in [5.74, 6) is 0. The smallest absolute Gasteiger partial charge is 0.0932 e. The molecule has 1 aliphatic rings. The third-order valence-electron chi connectivity index (χ3n) is 3.91. The molecule has 0 saturated heterocycles. The van der Waals surface area contributed by atoms with Gasteiger partial charge in [-0.15, -0.1) is 11.3 Å². The second-order valence-corrected chi connectivity index (χ2v) is 7.07. The van der Waals surface area contributed by atoms with Crippen LogP contribution in [0, 0.1) is 6.92 Å². The Bertz CT molecular complexity index is 608. The fourth-order valence-corrected chi connectivity index (χ4v) is 4.17. The van der Waals surface area contributed by atoms with E-state index in [-0.39, 0.29) is 6.04 Å². The van der Waals surface area contributed by atoms with E-state index in [1.54, 1.807) is 11.3 Å². The molecule has 1 aliphatic heterocycles. The molecule has 2 aromatic rings. The quantitative estimate of drug-likeness (QED) is 0.922. The Labute approximate surface area is 129 Å². The predicted octanol–water partition coefficient (Wildman–Crippen LogP) is 4.16. The fourth-order valence-electron chi connectivity index (χ4n) is 2.98. The van der Waals surface area contributed by atoms with Crippen molar-refractivity contribution in [3.05, 3.63) is 50.7 Å². The average Bonchev–Trinajstić information content (AvgIpc) is 2.86. The monoisotopic (exact) mass is 306 g/mol. The van der Waals surface area contributed by atoms with E-state index in [2.05, 4.69) is 36.1 Å². The Morgan fingerprint density at radius 3 is 2.90 bits per heavy atom. The summed E-state index contributed by atoms with van der Waals surface area (Å²) in [5.41, 5.74) is 10.2. The minimum absolute atomic E-state index is 0.231. The molecule has 20 heavy (non-hydrogen) atoms. The molecule has 1 atom stereocenters. The molecule has 1 aromatic heterocycles. The first-order chi connectivity index (χ1) is 9.69. The van der Waals surface area contributed by atoms with Crippen molar-refractivity contribution in [1.29, 1.82) is 0 Å². The second kappa shape index (κ2) is 5.76. The van der Waals surface area contributed by atoms with Crippen LogP contribution < -0.4 is 10.6 Å². The summed E-state index contributed by atoms with van der Waals surface area (Å²) in [7, 11) is 0. The largest absolute Gasteiger partial charge is 0.362 e. The highest BCUT2D eigenvalue weighted by atomic mass is 35.5. The molecule has 0 fully saturated rings. The van der Waals surface area contributed by atoms with Crippen LogP contribution in [-0.4, -0.2) is 13.1 Å². The number of hydrogen-bond acceptors (Lipinski definition) is 3. The molecular weight excluding hydrogens is 288 g/mol. The third-order valence-corrected chi connectivity index (χ3v) is 5.24. The van der Waals surface area contributed by atoms with Crippen LogP contribution in [0.1, 0.15) is 28.5 Å². The zero-order valence-electron chi connectivity index (χ0n) is 11.6. The lowest BCUT2D eigenvalue weighted by molar-refractivity contribution is 0.594. The Hall–Kier alpha value is -1.03. The Morgan fingerprint density at radius 2 is 2.20 bits per heavy atom. The van der Waals surface area contributed by atoms with Gasteiger partial charge < -0.3 is 10.6 Å². The summed E-state index contributed by atoms with van der Waals surface area (Å²) < 4.78 is 0.833. The fraction of sp³-hybridized carbons (Fsp3) is 0.375. The van der Waals surface area contributed by atoms with Crippen LogP contribution in [0.2, 0.25) is 4.34 Å². The first-order valence-corrected chi connectivity index (χ1v) is 8.20. The maximum absolute atomic E-state index is 6.08. The highest BCUT2D eigenvalue weighted by molar-refractivity contribution is 7.16. The highest BCUT2D eigenvalue weighted by Gasteiger charge is 2.25. The molecule has 2 nitrogen and oxygen atoms in total. The van der Waals surface area contributed by atoms with Crippen LogP contribution in [0.3, 0.4) is 0 Å². The molecule has 4 heteroatoms. The molecule has 1 unspecified atom stereocenters. The van der Waals surface area contributed by atoms with E-state index in [9.17, 15) is 0 Å². The predicted molar refractivity (Wildman–Crippen MR) is 88.0 cm³/mol. The van der Waals surface area contributed by atoms with Crippen molar-refractivity contribution in [3.8, 4) is 0 Å². The number of aryl methyl sites for hydroxylation is 2. The lowest BCUT2D eigenvalue weighted by atomic mass is 9.97. The van der Waals surface area contributed by atoms with Crippen LogP contribution in [-0.2, 0) is 6.42 Å². The number of rotatable bonds is 3. The van der Waals surface area contributed by atoms with Gasteiger partial charge in [0.15, 0.2) is 0 Å². The maximum atomic E-state index is 6.08. The van der Waals surface area contributed by atoms with Crippen LogP contribution in [0.4, 0.5) is 5.69 Å². The summed E-state index contributed by atoms with van der Waals surface area (Å²) in [6.07, 6.45) is 2.35. The summed E-state index contributed by atoms with van der Waals surface area (Å²) >= 11 is 7.72. The average molecular weight is 307 g/mol. The molecule has 3 rings (SSSR count). The Morgan fingerprint density at radius 1 is 1.35 bits per heavy atom. The number of anilines is 1. The topological polar surface area (TPSA) is 29.3 Å². The zero-order chi connectivity index (χ0) is 14.1. The van der Waals surface area contributed by atoms with Gasteiger partial charge in [-0.05, 0) is 43.5 Å². The molecule has 0 radical (unpaired) electrons. The molecule has 0 spiro atoms. The van der Waals surface area contributed by atoms with Crippen molar-refractivity contribution >= 4 is 28.6 Å². The zero-order valence-corrected chi connectivity index (χ0v) is 13.2. The van der Waals surface area contributed by atoms with E-state index in [1.165, 1.54) is 28.1 Å². The number of thiophene rings is 1. The number of fused-ring (bicyclic) bond motifs is 1. The molecule has 106 valence electrons. The molecule has 0 bridgehead atoms. The number of nitrogens with zero attached hydrogens (tertiary/aromatic N) is 1. The van der Waals surface area contributed by atoms with Gasteiger partial charge in [0.2, 0.25) is 0 Å². The van der Waals surface area contributed by atoms with Crippen molar-refractivity contribution in [2.45, 2.75) is 25.8 Å². The van der Waals surface area contributed by atoms with Gasteiger partial charge in [0.25, 0.3) is 0 Å². The van der Waals surface area contributed by atoms with Crippen molar-refractivity contribution in [1.82, 2.24) is 0 Å². The van der Waals surface area contributed by atoms with Crippen LogP contribution in [0.25, 0.3) is 0 Å². The van der Waals surface area contributed by atoms with Gasteiger partial charge in [-0.1, -0.05) is 29.3 Å². The lowest BCUT2D eigenvalue weighted by Gasteiger charge is -2.37. The first-order valence-electron chi connectivity index (χ1n) is 7.00. The summed E-state index contributed by atoms with van der Waals surface area (Å²) in [6, 6.07) is 11.0. The molecular formula is C16H19ClN2S. The SMILES string of the molecule is Cc1ccc2c(c1)CCCN2C(CN)c1ccc(Cl)s1. The highest BCUT2D eigenvalue weighted by Crippen LogP contribution is 2.37. The molecule has 0 amide bonds. The van der Waals surface area contributed by atoms with Crippen molar-refractivity contribution in [3.63, 3.8) is 0 Å². The molecule has 2 heterocycles. The van der Waals surface area contributed by atoms with Crippen LogP contribution >= 0.6 is 22.9 Å². The molecule has 0 saturated carbocycles. The van der Waals surface area contributed by atoms with Gasteiger partial charge in [0.1, 0.15) is 0 Å². The number of halogens is 1. The molecule has 0 aliphatic carbocycles. The van der Waals surface area contributed by atoms with Gasteiger partial charge >= 0.3 is 0 Å². The second-order valence-electron chi connectivity index (χ2n) is 5.32. The van der Waals surface area contributed by atoms with Crippen LogP contribution in [0.15, 0.2) is 30.3 Å². The first kappa shape index (κ1) is 13.9.